The summed E-state index contributed by atoms with van der Waals surface area (Å²) < 4.78 is 0. The molecule has 0 saturated carbocycles. The Labute approximate surface area is 101 Å². The van der Waals surface area contributed by atoms with Gasteiger partial charge >= 0.3 is 0 Å². The molecule has 90 valence electrons. The fourth-order valence-electron chi connectivity index (χ4n) is 1.12. The van der Waals surface area contributed by atoms with Crippen LogP contribution >= 0.6 is 11.6 Å². The number of hydrogen-bond acceptors (Lipinski definition) is 5. The van der Waals surface area contributed by atoms with Gasteiger partial charge in [-0.15, -0.1) is 0 Å². The highest BCUT2D eigenvalue weighted by Crippen LogP contribution is 2.22. The summed E-state index contributed by atoms with van der Waals surface area (Å²) in [6.45, 7) is 5.98. The summed E-state index contributed by atoms with van der Waals surface area (Å²) in [5.74, 6) is 0.891. The van der Waals surface area contributed by atoms with Crippen LogP contribution in [0, 0.1) is 0 Å². The minimum absolute atomic E-state index is 0.302. The van der Waals surface area contributed by atoms with Crippen LogP contribution in [0.15, 0.2) is 6.33 Å². The number of hydrogen-bond donors (Lipinski definition) is 2. The lowest BCUT2D eigenvalue weighted by molar-refractivity contribution is 0.284. The molecule has 0 aliphatic rings. The number of aromatic nitrogens is 2. The van der Waals surface area contributed by atoms with Crippen LogP contribution in [0.25, 0.3) is 0 Å². The Bertz CT molecular complexity index is 342. The number of likely N-dealkylation sites (N-methyl/N-ethyl adjacent to an activating group) is 1. The van der Waals surface area contributed by atoms with Gasteiger partial charge < -0.3 is 16.0 Å². The molecule has 0 atom stereocenters. The second-order valence-electron chi connectivity index (χ2n) is 3.92. The molecule has 0 amide bonds. The molecule has 0 aliphatic heterocycles. The summed E-state index contributed by atoms with van der Waals surface area (Å²) in [6, 6.07) is 0.521. The summed E-state index contributed by atoms with van der Waals surface area (Å²) in [4.78, 5) is 10.1. The molecule has 0 spiro atoms. The number of halogens is 1. The predicted octanol–water partition coefficient (Wildman–Crippen LogP) is 1.46. The molecule has 0 saturated heterocycles. The molecule has 0 aromatic carbocycles. The van der Waals surface area contributed by atoms with Gasteiger partial charge in [-0.25, -0.2) is 9.97 Å². The van der Waals surface area contributed by atoms with E-state index in [0.29, 0.717) is 22.7 Å². The zero-order valence-corrected chi connectivity index (χ0v) is 10.6. The smallest absolute Gasteiger partial charge is 0.150 e. The number of nitrogen functional groups attached to an aromatic ring is 1. The fraction of sp³-hybridized carbons (Fsp3) is 0.600. The third-order valence-electron chi connectivity index (χ3n) is 2.45. The SMILES string of the molecule is CC(C)N(C)CCNc1ncnc(N)c1Cl. The van der Waals surface area contributed by atoms with Gasteiger partial charge in [0.05, 0.1) is 0 Å². The van der Waals surface area contributed by atoms with Crippen molar-refractivity contribution in [3.63, 3.8) is 0 Å². The average molecular weight is 244 g/mol. The Morgan fingerprint density at radius 1 is 1.50 bits per heavy atom. The van der Waals surface area contributed by atoms with Crippen molar-refractivity contribution in [3.05, 3.63) is 11.3 Å². The van der Waals surface area contributed by atoms with Crippen LogP contribution in [0.3, 0.4) is 0 Å². The number of anilines is 2. The van der Waals surface area contributed by atoms with Gasteiger partial charge in [-0.1, -0.05) is 11.6 Å². The van der Waals surface area contributed by atoms with E-state index in [1.165, 1.54) is 6.33 Å². The van der Waals surface area contributed by atoms with E-state index < -0.39 is 0 Å². The standard InChI is InChI=1S/C10H18ClN5/c1-7(2)16(3)5-4-13-10-8(11)9(12)14-6-15-10/h6-7H,4-5H2,1-3H3,(H3,12,13,14,15). The number of nitrogens with two attached hydrogens (primary N) is 1. The number of nitrogens with zero attached hydrogens (tertiary/aromatic N) is 3. The van der Waals surface area contributed by atoms with E-state index in [-0.39, 0.29) is 0 Å². The fourth-order valence-corrected chi connectivity index (χ4v) is 1.28. The normalized spacial score (nSPS) is 11.1. The van der Waals surface area contributed by atoms with E-state index >= 15 is 0 Å². The number of rotatable bonds is 5. The molecule has 0 bridgehead atoms. The Kier molecular flexibility index (Phi) is 4.76. The second-order valence-corrected chi connectivity index (χ2v) is 4.30. The molecule has 1 rings (SSSR count). The van der Waals surface area contributed by atoms with E-state index in [1.807, 2.05) is 0 Å². The van der Waals surface area contributed by atoms with Crippen molar-refractivity contribution < 1.29 is 0 Å². The van der Waals surface area contributed by atoms with Crippen LogP contribution < -0.4 is 11.1 Å². The lowest BCUT2D eigenvalue weighted by Crippen LogP contribution is -2.31. The highest BCUT2D eigenvalue weighted by atomic mass is 35.5. The van der Waals surface area contributed by atoms with Crippen LogP contribution in [-0.4, -0.2) is 41.0 Å². The van der Waals surface area contributed by atoms with Crippen LogP contribution in [0.2, 0.25) is 5.02 Å². The van der Waals surface area contributed by atoms with Gasteiger partial charge in [0.15, 0.2) is 0 Å². The maximum atomic E-state index is 5.94. The molecule has 3 N–H and O–H groups in total. The highest BCUT2D eigenvalue weighted by Gasteiger charge is 2.06. The Morgan fingerprint density at radius 2 is 2.19 bits per heavy atom. The van der Waals surface area contributed by atoms with Gasteiger partial charge in [-0.05, 0) is 20.9 Å². The van der Waals surface area contributed by atoms with Crippen LogP contribution in [0.4, 0.5) is 11.6 Å². The Balaban J connectivity index is 2.46. The summed E-state index contributed by atoms with van der Waals surface area (Å²) >= 11 is 5.94. The summed E-state index contributed by atoms with van der Waals surface area (Å²) in [6.07, 6.45) is 1.40. The summed E-state index contributed by atoms with van der Waals surface area (Å²) in [5.41, 5.74) is 5.57. The summed E-state index contributed by atoms with van der Waals surface area (Å²) in [5, 5.41) is 3.52. The molecular formula is C10H18ClN5. The van der Waals surface area contributed by atoms with E-state index in [4.69, 9.17) is 17.3 Å². The van der Waals surface area contributed by atoms with Crippen LogP contribution in [-0.2, 0) is 0 Å². The Hall–Kier alpha value is -1.07. The molecule has 16 heavy (non-hydrogen) atoms. The van der Waals surface area contributed by atoms with Gasteiger partial charge in [-0.3, -0.25) is 0 Å². The van der Waals surface area contributed by atoms with Crippen LogP contribution in [0.1, 0.15) is 13.8 Å². The first-order valence-electron chi connectivity index (χ1n) is 5.22. The van der Waals surface area contributed by atoms with Crippen molar-refractivity contribution in [1.29, 1.82) is 0 Å². The van der Waals surface area contributed by atoms with Crippen molar-refractivity contribution >= 4 is 23.2 Å². The van der Waals surface area contributed by atoms with Gasteiger partial charge in [0, 0.05) is 19.1 Å². The van der Waals surface area contributed by atoms with Crippen molar-refractivity contribution in [2.45, 2.75) is 19.9 Å². The minimum atomic E-state index is 0.302. The third kappa shape index (κ3) is 3.50. The molecule has 1 heterocycles. The van der Waals surface area contributed by atoms with Crippen molar-refractivity contribution in [2.24, 2.45) is 0 Å². The Morgan fingerprint density at radius 3 is 2.81 bits per heavy atom. The molecule has 0 fully saturated rings. The zero-order chi connectivity index (χ0) is 12.1. The van der Waals surface area contributed by atoms with E-state index in [0.717, 1.165) is 13.1 Å². The molecule has 1 aromatic heterocycles. The summed E-state index contributed by atoms with van der Waals surface area (Å²) in [7, 11) is 2.07. The highest BCUT2D eigenvalue weighted by molar-refractivity contribution is 6.35. The zero-order valence-electron chi connectivity index (χ0n) is 9.87. The van der Waals surface area contributed by atoms with E-state index in [2.05, 4.69) is 41.1 Å². The molecule has 1 aromatic rings. The lowest BCUT2D eigenvalue weighted by atomic mass is 10.3. The molecule has 0 aliphatic carbocycles. The third-order valence-corrected chi connectivity index (χ3v) is 2.83. The maximum Gasteiger partial charge on any atom is 0.150 e. The lowest BCUT2D eigenvalue weighted by Gasteiger charge is -2.21. The van der Waals surface area contributed by atoms with Crippen LogP contribution in [0.5, 0.6) is 0 Å². The van der Waals surface area contributed by atoms with Gasteiger partial charge in [0.25, 0.3) is 0 Å². The first-order valence-corrected chi connectivity index (χ1v) is 5.60. The van der Waals surface area contributed by atoms with E-state index in [1.54, 1.807) is 0 Å². The van der Waals surface area contributed by atoms with E-state index in [9.17, 15) is 0 Å². The second kappa shape index (κ2) is 5.86. The number of nitrogens with one attached hydrogen (secondary N) is 1. The molecular weight excluding hydrogens is 226 g/mol. The minimum Gasteiger partial charge on any atom is -0.382 e. The average Bonchev–Trinajstić information content (AvgIpc) is 2.24. The molecule has 0 unspecified atom stereocenters. The molecule has 6 heteroatoms. The van der Waals surface area contributed by atoms with Gasteiger partial charge in [0.2, 0.25) is 0 Å². The van der Waals surface area contributed by atoms with Crippen molar-refractivity contribution in [2.75, 3.05) is 31.2 Å². The van der Waals surface area contributed by atoms with Gasteiger partial charge in [-0.2, -0.15) is 0 Å². The van der Waals surface area contributed by atoms with Crippen molar-refractivity contribution in [1.82, 2.24) is 14.9 Å². The predicted molar refractivity (Wildman–Crippen MR) is 67.7 cm³/mol. The largest absolute Gasteiger partial charge is 0.382 e. The monoisotopic (exact) mass is 243 g/mol. The van der Waals surface area contributed by atoms with Crippen molar-refractivity contribution in [3.8, 4) is 0 Å². The first-order chi connectivity index (χ1) is 7.52. The molecule has 5 nitrogen and oxygen atoms in total. The molecule has 0 radical (unpaired) electrons. The topological polar surface area (TPSA) is 67.1 Å². The first kappa shape index (κ1) is 13.0. The maximum absolute atomic E-state index is 5.94. The van der Waals surface area contributed by atoms with Gasteiger partial charge in [0.1, 0.15) is 23.0 Å². The quantitative estimate of drug-likeness (QED) is 0.820.